The van der Waals surface area contributed by atoms with E-state index in [2.05, 4.69) is 29.3 Å². The van der Waals surface area contributed by atoms with Gasteiger partial charge in [0, 0.05) is 0 Å². The molecular weight excluding hydrogens is 218 g/mol. The van der Waals surface area contributed by atoms with E-state index in [1.165, 1.54) is 31.9 Å². The molecule has 0 fully saturated rings. The molecule has 2 N–H and O–H groups in total. The van der Waals surface area contributed by atoms with Crippen LogP contribution < -0.4 is 0 Å². The standard InChI is InChI=1S/C12H25N3O2/c1-15(2)10-8-6-4-3-5-7-9-12(14-17)11-13-16/h11,16-17H,3-10H2,1-2H3/b13-11+,14-12+. The van der Waals surface area contributed by atoms with Crippen LogP contribution in [-0.4, -0.2) is 47.9 Å². The fourth-order valence-corrected chi connectivity index (χ4v) is 1.65. The predicted octanol–water partition coefficient (Wildman–Crippen LogP) is 2.57. The van der Waals surface area contributed by atoms with E-state index in [1.54, 1.807) is 0 Å². The lowest BCUT2D eigenvalue weighted by Gasteiger charge is -2.08. The first-order chi connectivity index (χ1) is 8.20. The molecule has 17 heavy (non-hydrogen) atoms. The van der Waals surface area contributed by atoms with Gasteiger partial charge in [-0.2, -0.15) is 0 Å². The summed E-state index contributed by atoms with van der Waals surface area (Å²) in [5.41, 5.74) is 0.431. The quantitative estimate of drug-likeness (QED) is 0.268. The summed E-state index contributed by atoms with van der Waals surface area (Å²) in [6.45, 7) is 1.16. The van der Waals surface area contributed by atoms with Crippen molar-refractivity contribution in [2.24, 2.45) is 10.3 Å². The number of oxime groups is 2. The van der Waals surface area contributed by atoms with Crippen molar-refractivity contribution >= 4 is 11.9 Å². The van der Waals surface area contributed by atoms with Crippen LogP contribution in [0.4, 0.5) is 0 Å². The Bertz CT molecular complexity index is 228. The van der Waals surface area contributed by atoms with E-state index in [1.807, 2.05) is 0 Å². The Morgan fingerprint density at radius 3 is 2.12 bits per heavy atom. The van der Waals surface area contributed by atoms with Crippen molar-refractivity contribution in [2.45, 2.75) is 44.9 Å². The van der Waals surface area contributed by atoms with Gasteiger partial charge in [0.15, 0.2) is 0 Å². The van der Waals surface area contributed by atoms with E-state index in [-0.39, 0.29) is 0 Å². The van der Waals surface area contributed by atoms with Crippen LogP contribution in [0, 0.1) is 0 Å². The summed E-state index contributed by atoms with van der Waals surface area (Å²) in [5, 5.41) is 22.7. The SMILES string of the molecule is CN(C)CCCCCCCCC(/C=N/O)=N\O. The van der Waals surface area contributed by atoms with E-state index in [0.29, 0.717) is 12.1 Å². The van der Waals surface area contributed by atoms with Gasteiger partial charge >= 0.3 is 0 Å². The molecule has 0 aliphatic carbocycles. The molecule has 0 unspecified atom stereocenters. The molecule has 0 saturated carbocycles. The summed E-state index contributed by atoms with van der Waals surface area (Å²) in [4.78, 5) is 2.21. The molecule has 0 aliphatic heterocycles. The maximum Gasteiger partial charge on any atom is 0.101 e. The van der Waals surface area contributed by atoms with E-state index in [9.17, 15) is 0 Å². The number of nitrogens with zero attached hydrogens (tertiary/aromatic N) is 3. The van der Waals surface area contributed by atoms with Gasteiger partial charge in [0.1, 0.15) is 5.71 Å². The van der Waals surface area contributed by atoms with E-state index in [0.717, 1.165) is 19.4 Å². The first kappa shape index (κ1) is 15.9. The van der Waals surface area contributed by atoms with Crippen LogP contribution in [0.5, 0.6) is 0 Å². The van der Waals surface area contributed by atoms with Crippen LogP contribution >= 0.6 is 0 Å². The van der Waals surface area contributed by atoms with Gasteiger partial charge < -0.3 is 15.3 Å². The summed E-state index contributed by atoms with van der Waals surface area (Å²) in [6, 6.07) is 0. The molecule has 0 spiro atoms. The zero-order chi connectivity index (χ0) is 12.9. The molecule has 0 aromatic carbocycles. The molecule has 0 aromatic rings. The summed E-state index contributed by atoms with van der Waals surface area (Å²) >= 11 is 0. The van der Waals surface area contributed by atoms with Gasteiger partial charge in [-0.1, -0.05) is 36.0 Å². The Balaban J connectivity index is 3.29. The molecule has 0 amide bonds. The minimum Gasteiger partial charge on any atom is -0.411 e. The summed E-state index contributed by atoms with van der Waals surface area (Å²) < 4.78 is 0. The zero-order valence-corrected chi connectivity index (χ0v) is 11.0. The minimum absolute atomic E-state index is 0.431. The van der Waals surface area contributed by atoms with Gasteiger partial charge in [-0.15, -0.1) is 0 Å². The second-order valence-corrected chi connectivity index (χ2v) is 4.51. The van der Waals surface area contributed by atoms with Crippen LogP contribution in [0.2, 0.25) is 0 Å². The van der Waals surface area contributed by atoms with E-state index < -0.39 is 0 Å². The normalized spacial score (nSPS) is 12.8. The topological polar surface area (TPSA) is 68.4 Å². The summed E-state index contributed by atoms with van der Waals surface area (Å²) in [5.74, 6) is 0. The first-order valence-electron chi connectivity index (χ1n) is 6.23. The fraction of sp³-hybridized carbons (Fsp3) is 0.833. The Morgan fingerprint density at radius 2 is 1.59 bits per heavy atom. The number of hydrogen-bond acceptors (Lipinski definition) is 5. The fourth-order valence-electron chi connectivity index (χ4n) is 1.65. The van der Waals surface area contributed by atoms with Crippen molar-refractivity contribution in [1.82, 2.24) is 4.90 Å². The Labute approximate surface area is 104 Å². The van der Waals surface area contributed by atoms with Crippen molar-refractivity contribution in [3.63, 3.8) is 0 Å². The highest BCUT2D eigenvalue weighted by Crippen LogP contribution is 2.07. The lowest BCUT2D eigenvalue weighted by molar-refractivity contribution is 0.314. The third-order valence-electron chi connectivity index (χ3n) is 2.62. The average Bonchev–Trinajstić information content (AvgIpc) is 2.30. The summed E-state index contributed by atoms with van der Waals surface area (Å²) in [7, 11) is 4.19. The summed E-state index contributed by atoms with van der Waals surface area (Å²) in [6.07, 6.45) is 8.94. The van der Waals surface area contributed by atoms with E-state index >= 15 is 0 Å². The molecule has 0 aromatic heterocycles. The third kappa shape index (κ3) is 11.2. The van der Waals surface area contributed by atoms with Gasteiger partial charge in [0.25, 0.3) is 0 Å². The monoisotopic (exact) mass is 243 g/mol. The highest BCUT2D eigenvalue weighted by atomic mass is 16.4. The van der Waals surface area contributed by atoms with Crippen molar-refractivity contribution in [3.8, 4) is 0 Å². The lowest BCUT2D eigenvalue weighted by Crippen LogP contribution is -2.12. The maximum atomic E-state index is 8.56. The van der Waals surface area contributed by atoms with Crippen LogP contribution in [0.1, 0.15) is 44.9 Å². The Hall–Kier alpha value is -1.10. The second kappa shape index (κ2) is 11.4. The van der Waals surface area contributed by atoms with Crippen molar-refractivity contribution in [1.29, 1.82) is 0 Å². The highest BCUT2D eigenvalue weighted by Gasteiger charge is 1.97. The molecule has 0 bridgehead atoms. The Kier molecular flexibility index (Phi) is 10.7. The molecule has 0 radical (unpaired) electrons. The molecule has 5 heteroatoms. The lowest BCUT2D eigenvalue weighted by atomic mass is 10.1. The van der Waals surface area contributed by atoms with Crippen LogP contribution in [0.25, 0.3) is 0 Å². The van der Waals surface area contributed by atoms with Crippen LogP contribution in [0.3, 0.4) is 0 Å². The first-order valence-corrected chi connectivity index (χ1v) is 6.23. The largest absolute Gasteiger partial charge is 0.411 e. The number of unbranched alkanes of at least 4 members (excludes halogenated alkanes) is 5. The molecule has 0 saturated heterocycles. The highest BCUT2D eigenvalue weighted by molar-refractivity contribution is 6.30. The molecular formula is C12H25N3O2. The van der Waals surface area contributed by atoms with Crippen LogP contribution in [0.15, 0.2) is 10.3 Å². The molecule has 0 atom stereocenters. The molecule has 100 valence electrons. The van der Waals surface area contributed by atoms with Gasteiger partial charge in [-0.25, -0.2) is 0 Å². The van der Waals surface area contributed by atoms with Crippen molar-refractivity contribution in [3.05, 3.63) is 0 Å². The average molecular weight is 243 g/mol. The molecule has 5 nitrogen and oxygen atoms in total. The third-order valence-corrected chi connectivity index (χ3v) is 2.62. The molecule has 0 aliphatic rings. The van der Waals surface area contributed by atoms with Crippen molar-refractivity contribution in [2.75, 3.05) is 20.6 Å². The van der Waals surface area contributed by atoms with Gasteiger partial charge in [0.05, 0.1) is 6.21 Å². The number of hydrogen-bond donors (Lipinski definition) is 2. The molecule has 0 heterocycles. The van der Waals surface area contributed by atoms with Gasteiger partial charge in [-0.3, -0.25) is 0 Å². The van der Waals surface area contributed by atoms with Crippen LogP contribution in [-0.2, 0) is 0 Å². The van der Waals surface area contributed by atoms with E-state index in [4.69, 9.17) is 10.4 Å². The predicted molar refractivity (Wildman–Crippen MR) is 70.4 cm³/mol. The molecule has 0 rings (SSSR count). The van der Waals surface area contributed by atoms with Gasteiger partial charge in [-0.05, 0) is 39.9 Å². The zero-order valence-electron chi connectivity index (χ0n) is 11.0. The Morgan fingerprint density at radius 1 is 1.00 bits per heavy atom. The number of rotatable bonds is 10. The van der Waals surface area contributed by atoms with Gasteiger partial charge in [0.2, 0.25) is 0 Å². The van der Waals surface area contributed by atoms with Crippen molar-refractivity contribution < 1.29 is 10.4 Å². The minimum atomic E-state index is 0.431. The smallest absolute Gasteiger partial charge is 0.101 e. The maximum absolute atomic E-state index is 8.56. The second-order valence-electron chi connectivity index (χ2n) is 4.51.